The molecule has 0 bridgehead atoms. The molecule has 0 spiro atoms. The van der Waals surface area contributed by atoms with Crippen LogP contribution in [0.3, 0.4) is 0 Å². The van der Waals surface area contributed by atoms with E-state index in [1.165, 1.54) is 6.07 Å². The predicted octanol–water partition coefficient (Wildman–Crippen LogP) is 2.49. The summed E-state index contributed by atoms with van der Waals surface area (Å²) in [6, 6.07) is 3.04. The molecule has 2 rings (SSSR count). The van der Waals surface area contributed by atoms with E-state index in [0.717, 1.165) is 6.20 Å². The van der Waals surface area contributed by atoms with Crippen LogP contribution in [0.5, 0.6) is 0 Å². The van der Waals surface area contributed by atoms with Crippen molar-refractivity contribution in [2.75, 3.05) is 7.11 Å². The van der Waals surface area contributed by atoms with Gasteiger partial charge in [-0.25, -0.2) is 9.37 Å². The van der Waals surface area contributed by atoms with Crippen molar-refractivity contribution >= 4 is 12.2 Å². The molecule has 6 heteroatoms. The van der Waals surface area contributed by atoms with Gasteiger partial charge in [-0.1, -0.05) is 12.2 Å². The molecule has 0 unspecified atom stereocenters. The molecular formula is C11H10FN3OS. The first-order chi connectivity index (χ1) is 8.19. The van der Waals surface area contributed by atoms with E-state index in [1.807, 2.05) is 0 Å². The minimum atomic E-state index is -0.396. The number of methoxy groups -OCH3 is 1. The van der Waals surface area contributed by atoms with Crippen molar-refractivity contribution in [1.82, 2.24) is 15.0 Å². The van der Waals surface area contributed by atoms with Crippen LogP contribution in [-0.2, 0) is 11.3 Å². The summed E-state index contributed by atoms with van der Waals surface area (Å²) in [5.74, 6) is 0.200. The molecule has 2 aromatic heterocycles. The number of hydrogen-bond donors (Lipinski definition) is 1. The zero-order valence-electron chi connectivity index (χ0n) is 9.11. The van der Waals surface area contributed by atoms with E-state index >= 15 is 0 Å². The van der Waals surface area contributed by atoms with Crippen molar-refractivity contribution in [3.05, 3.63) is 40.8 Å². The van der Waals surface area contributed by atoms with E-state index in [1.54, 1.807) is 19.4 Å². The summed E-state index contributed by atoms with van der Waals surface area (Å²) in [6.45, 7) is 0.320. The van der Waals surface area contributed by atoms with Crippen molar-refractivity contribution in [2.24, 2.45) is 0 Å². The van der Waals surface area contributed by atoms with Gasteiger partial charge in [-0.15, -0.1) is 0 Å². The number of aromatic nitrogens is 3. The van der Waals surface area contributed by atoms with Gasteiger partial charge in [0, 0.05) is 18.9 Å². The second-order valence-electron chi connectivity index (χ2n) is 3.40. The van der Waals surface area contributed by atoms with Gasteiger partial charge in [-0.3, -0.25) is 4.98 Å². The third-order valence-corrected chi connectivity index (χ3v) is 2.30. The number of aromatic amines is 1. The van der Waals surface area contributed by atoms with Crippen LogP contribution in [0, 0.1) is 10.5 Å². The zero-order chi connectivity index (χ0) is 12.3. The average Bonchev–Trinajstić information content (AvgIpc) is 2.28. The molecule has 4 nitrogen and oxygen atoms in total. The number of rotatable bonds is 3. The fourth-order valence-electron chi connectivity index (χ4n) is 1.43. The largest absolute Gasteiger partial charge is 0.377 e. The average molecular weight is 251 g/mol. The standard InChI is InChI=1S/C11H10FN3OS/c1-16-6-10-14-9(3-11(17)15-10)7-2-8(12)5-13-4-7/h2-5H,6H2,1H3,(H,14,15,17). The fourth-order valence-corrected chi connectivity index (χ4v) is 1.66. The van der Waals surface area contributed by atoms with Gasteiger partial charge in [0.2, 0.25) is 0 Å². The highest BCUT2D eigenvalue weighted by atomic mass is 32.1. The van der Waals surface area contributed by atoms with Crippen molar-refractivity contribution in [3.8, 4) is 11.3 Å². The van der Waals surface area contributed by atoms with E-state index in [9.17, 15) is 4.39 Å². The van der Waals surface area contributed by atoms with Crippen LogP contribution >= 0.6 is 12.2 Å². The van der Waals surface area contributed by atoms with Crippen LogP contribution in [0.15, 0.2) is 24.5 Å². The maximum atomic E-state index is 13.1. The predicted molar refractivity (Wildman–Crippen MR) is 63.3 cm³/mol. The topological polar surface area (TPSA) is 50.8 Å². The molecule has 0 aromatic carbocycles. The Hall–Kier alpha value is -1.66. The van der Waals surface area contributed by atoms with Crippen LogP contribution in [0.25, 0.3) is 11.3 Å². The Kier molecular flexibility index (Phi) is 3.55. The summed E-state index contributed by atoms with van der Waals surface area (Å²) >= 11 is 5.03. The number of H-pyrrole nitrogens is 1. The summed E-state index contributed by atoms with van der Waals surface area (Å²) in [5, 5.41) is 0. The minimum absolute atomic E-state index is 0.320. The number of hydrogen-bond acceptors (Lipinski definition) is 4. The quantitative estimate of drug-likeness (QED) is 0.851. The minimum Gasteiger partial charge on any atom is -0.377 e. The second kappa shape index (κ2) is 5.11. The van der Waals surface area contributed by atoms with E-state index in [2.05, 4.69) is 15.0 Å². The number of halogens is 1. The molecule has 2 heterocycles. The Bertz CT molecular complexity index is 585. The Morgan fingerprint density at radius 3 is 2.94 bits per heavy atom. The molecule has 0 saturated heterocycles. The van der Waals surface area contributed by atoms with Gasteiger partial charge >= 0.3 is 0 Å². The molecule has 0 atom stereocenters. The SMILES string of the molecule is COCc1nc(=S)cc(-c2cncc(F)c2)[nH]1. The van der Waals surface area contributed by atoms with Gasteiger partial charge in [0.15, 0.2) is 0 Å². The van der Waals surface area contributed by atoms with Crippen molar-refractivity contribution < 1.29 is 9.13 Å². The first-order valence-corrected chi connectivity index (χ1v) is 5.30. The Morgan fingerprint density at radius 1 is 1.41 bits per heavy atom. The fraction of sp³-hybridized carbons (Fsp3) is 0.182. The maximum Gasteiger partial charge on any atom is 0.142 e. The highest BCUT2D eigenvalue weighted by Gasteiger charge is 2.03. The molecule has 0 amide bonds. The Labute approximate surface area is 103 Å². The van der Waals surface area contributed by atoms with Crippen molar-refractivity contribution in [2.45, 2.75) is 6.61 Å². The maximum absolute atomic E-state index is 13.1. The molecule has 1 N–H and O–H groups in total. The van der Waals surface area contributed by atoms with E-state index in [0.29, 0.717) is 28.3 Å². The number of nitrogens with one attached hydrogen (secondary N) is 1. The Morgan fingerprint density at radius 2 is 2.24 bits per heavy atom. The molecule has 0 aliphatic rings. The Balaban J connectivity index is 2.48. The molecule has 0 fully saturated rings. The lowest BCUT2D eigenvalue weighted by Crippen LogP contribution is -1.99. The summed E-state index contributed by atoms with van der Waals surface area (Å²) in [6.07, 6.45) is 2.70. The summed E-state index contributed by atoms with van der Waals surface area (Å²) < 4.78 is 18.5. The molecular weight excluding hydrogens is 241 g/mol. The summed E-state index contributed by atoms with van der Waals surface area (Å²) in [4.78, 5) is 10.9. The first kappa shape index (κ1) is 11.8. The monoisotopic (exact) mass is 251 g/mol. The lowest BCUT2D eigenvalue weighted by molar-refractivity contribution is 0.177. The molecule has 0 aliphatic heterocycles. The zero-order valence-corrected chi connectivity index (χ0v) is 9.92. The van der Waals surface area contributed by atoms with Gasteiger partial charge in [0.1, 0.15) is 22.9 Å². The molecule has 88 valence electrons. The van der Waals surface area contributed by atoms with Gasteiger partial charge < -0.3 is 9.72 Å². The number of ether oxygens (including phenoxy) is 1. The number of nitrogens with zero attached hydrogens (tertiary/aromatic N) is 2. The molecule has 2 aromatic rings. The lowest BCUT2D eigenvalue weighted by atomic mass is 10.2. The van der Waals surface area contributed by atoms with E-state index < -0.39 is 5.82 Å². The van der Waals surface area contributed by atoms with Crippen LogP contribution < -0.4 is 0 Å². The lowest BCUT2D eigenvalue weighted by Gasteiger charge is -2.05. The summed E-state index contributed by atoms with van der Waals surface area (Å²) in [7, 11) is 1.56. The third kappa shape index (κ3) is 2.92. The van der Waals surface area contributed by atoms with Gasteiger partial charge in [-0.2, -0.15) is 0 Å². The number of pyridine rings is 1. The highest BCUT2D eigenvalue weighted by Crippen LogP contribution is 2.16. The summed E-state index contributed by atoms with van der Waals surface area (Å²) in [5.41, 5.74) is 1.29. The van der Waals surface area contributed by atoms with E-state index in [4.69, 9.17) is 17.0 Å². The van der Waals surface area contributed by atoms with Crippen LogP contribution in [-0.4, -0.2) is 22.1 Å². The van der Waals surface area contributed by atoms with Crippen LogP contribution in [0.2, 0.25) is 0 Å². The molecule has 17 heavy (non-hydrogen) atoms. The van der Waals surface area contributed by atoms with Crippen LogP contribution in [0.4, 0.5) is 4.39 Å². The molecule has 0 aliphatic carbocycles. The first-order valence-electron chi connectivity index (χ1n) is 4.89. The van der Waals surface area contributed by atoms with Crippen molar-refractivity contribution in [1.29, 1.82) is 0 Å². The van der Waals surface area contributed by atoms with Gasteiger partial charge in [0.05, 0.1) is 11.9 Å². The van der Waals surface area contributed by atoms with Crippen LogP contribution in [0.1, 0.15) is 5.82 Å². The van der Waals surface area contributed by atoms with E-state index in [-0.39, 0.29) is 0 Å². The molecule has 0 radical (unpaired) electrons. The highest BCUT2D eigenvalue weighted by molar-refractivity contribution is 7.71. The normalized spacial score (nSPS) is 10.5. The molecule has 0 saturated carbocycles. The van der Waals surface area contributed by atoms with Gasteiger partial charge in [-0.05, 0) is 12.1 Å². The smallest absolute Gasteiger partial charge is 0.142 e. The van der Waals surface area contributed by atoms with Crippen molar-refractivity contribution in [3.63, 3.8) is 0 Å². The second-order valence-corrected chi connectivity index (χ2v) is 3.82. The third-order valence-electron chi connectivity index (χ3n) is 2.09. The van der Waals surface area contributed by atoms with Gasteiger partial charge in [0.25, 0.3) is 0 Å².